The number of rotatable bonds is 5. The van der Waals surface area contributed by atoms with Crippen LogP contribution < -0.4 is 5.32 Å². The molecule has 0 saturated carbocycles. The van der Waals surface area contributed by atoms with Gasteiger partial charge < -0.3 is 5.32 Å². The van der Waals surface area contributed by atoms with Crippen LogP contribution in [0.1, 0.15) is 25.1 Å². The van der Waals surface area contributed by atoms with Crippen LogP contribution in [0.5, 0.6) is 0 Å². The van der Waals surface area contributed by atoms with Crippen molar-refractivity contribution >= 4 is 23.6 Å². The lowest BCUT2D eigenvalue weighted by Crippen LogP contribution is -2.20. The van der Waals surface area contributed by atoms with Crippen molar-refractivity contribution in [2.24, 2.45) is 5.92 Å². The van der Waals surface area contributed by atoms with Crippen molar-refractivity contribution in [2.45, 2.75) is 27.3 Å². The lowest BCUT2D eigenvalue weighted by Gasteiger charge is -2.05. The Hall–Kier alpha value is -1.73. The minimum absolute atomic E-state index is 0.211. The highest BCUT2D eigenvalue weighted by molar-refractivity contribution is 6.31. The molecule has 19 heavy (non-hydrogen) atoms. The largest absolute Gasteiger partial charge is 0.342 e. The Bertz CT molecular complexity index is 524. The predicted octanol–water partition coefficient (Wildman–Crippen LogP) is 2.26. The Balaban J connectivity index is 2.84. The molecule has 0 aliphatic heterocycles. The van der Waals surface area contributed by atoms with Crippen LogP contribution in [-0.2, 0) is 11.3 Å². The van der Waals surface area contributed by atoms with E-state index in [0.29, 0.717) is 11.1 Å². The van der Waals surface area contributed by atoms with Gasteiger partial charge in [0.05, 0.1) is 12.2 Å². The molecule has 1 N–H and O–H groups in total. The van der Waals surface area contributed by atoms with Gasteiger partial charge in [-0.05, 0) is 18.9 Å². The van der Waals surface area contributed by atoms with Crippen LogP contribution in [0.25, 0.3) is 6.08 Å². The van der Waals surface area contributed by atoms with Crippen LogP contribution in [0.15, 0.2) is 6.08 Å². The topological polar surface area (TPSA) is 46.9 Å². The van der Waals surface area contributed by atoms with Gasteiger partial charge in [0, 0.05) is 18.2 Å². The molecule has 1 amide bonds. The summed E-state index contributed by atoms with van der Waals surface area (Å²) >= 11 is 6.25. The average Bonchev–Trinajstić information content (AvgIpc) is 2.59. The van der Waals surface area contributed by atoms with Crippen molar-refractivity contribution in [2.75, 3.05) is 6.54 Å². The predicted molar refractivity (Wildman–Crippen MR) is 77.7 cm³/mol. The maximum Gasteiger partial charge on any atom is 0.244 e. The number of nitrogens with zero attached hydrogens (tertiary/aromatic N) is 2. The molecule has 0 unspecified atom stereocenters. The number of carbonyl (C=O) groups is 1. The number of nitrogens with one attached hydrogen (secondary N) is 1. The number of carbonyl (C=O) groups excluding carboxylic acids is 1. The Labute approximate surface area is 118 Å². The fourth-order valence-electron chi connectivity index (χ4n) is 1.58. The van der Waals surface area contributed by atoms with Gasteiger partial charge in [0.15, 0.2) is 0 Å². The number of amides is 1. The van der Waals surface area contributed by atoms with Crippen molar-refractivity contribution < 1.29 is 4.79 Å². The highest BCUT2D eigenvalue weighted by Crippen LogP contribution is 2.22. The molecule has 1 aromatic rings. The molecule has 1 heterocycles. The van der Waals surface area contributed by atoms with E-state index in [4.69, 9.17) is 18.0 Å². The van der Waals surface area contributed by atoms with Gasteiger partial charge in [-0.3, -0.25) is 9.48 Å². The van der Waals surface area contributed by atoms with E-state index >= 15 is 0 Å². The Kier molecular flexibility index (Phi) is 5.65. The molecule has 0 bridgehead atoms. The van der Waals surface area contributed by atoms with Gasteiger partial charge in [-0.2, -0.15) is 5.10 Å². The summed E-state index contributed by atoms with van der Waals surface area (Å²) in [7, 11) is 0. The third kappa shape index (κ3) is 4.46. The van der Waals surface area contributed by atoms with Crippen molar-refractivity contribution in [1.29, 1.82) is 0 Å². The molecular formula is C14H18ClN3O. The first-order valence-corrected chi connectivity index (χ1v) is 6.45. The van der Waals surface area contributed by atoms with Gasteiger partial charge in [-0.25, -0.2) is 0 Å². The normalized spacial score (nSPS) is 10.9. The summed E-state index contributed by atoms with van der Waals surface area (Å²) in [5.74, 6) is 2.54. The molecule has 0 radical (unpaired) electrons. The van der Waals surface area contributed by atoms with Crippen LogP contribution in [0.3, 0.4) is 0 Å². The van der Waals surface area contributed by atoms with E-state index in [0.717, 1.165) is 17.8 Å². The molecule has 0 aromatic carbocycles. The molecule has 1 rings (SSSR count). The molecule has 4 nitrogen and oxygen atoms in total. The van der Waals surface area contributed by atoms with E-state index in [1.807, 2.05) is 6.92 Å². The summed E-state index contributed by atoms with van der Waals surface area (Å²) in [5, 5.41) is 7.46. The molecule has 1 aromatic heterocycles. The molecule has 0 atom stereocenters. The highest BCUT2D eigenvalue weighted by atomic mass is 35.5. The van der Waals surface area contributed by atoms with E-state index in [-0.39, 0.29) is 12.5 Å². The smallest absolute Gasteiger partial charge is 0.244 e. The zero-order valence-corrected chi connectivity index (χ0v) is 12.2. The summed E-state index contributed by atoms with van der Waals surface area (Å²) < 4.78 is 1.75. The highest BCUT2D eigenvalue weighted by Gasteiger charge is 2.12. The Morgan fingerprint density at radius 2 is 2.32 bits per heavy atom. The minimum Gasteiger partial charge on any atom is -0.342 e. The van der Waals surface area contributed by atoms with Crippen LogP contribution in [0.4, 0.5) is 0 Å². The Morgan fingerprint density at radius 1 is 1.63 bits per heavy atom. The van der Waals surface area contributed by atoms with Crippen molar-refractivity contribution in [3.8, 4) is 12.3 Å². The van der Waals surface area contributed by atoms with E-state index in [9.17, 15) is 4.79 Å². The van der Waals surface area contributed by atoms with E-state index < -0.39 is 0 Å². The monoisotopic (exact) mass is 279 g/mol. The summed E-state index contributed by atoms with van der Waals surface area (Å²) in [6.45, 7) is 7.01. The number of terminal acetylenes is 1. The number of halogens is 1. The van der Waals surface area contributed by atoms with Crippen molar-refractivity contribution in [3.05, 3.63) is 22.5 Å². The SMILES string of the molecule is C#CCNC(=O)/C=C/c1c(C)nn(CC(C)C)c1Cl. The van der Waals surface area contributed by atoms with E-state index in [1.54, 1.807) is 10.8 Å². The molecule has 0 aliphatic rings. The summed E-state index contributed by atoms with van der Waals surface area (Å²) in [6, 6.07) is 0. The zero-order chi connectivity index (χ0) is 14.4. The maximum absolute atomic E-state index is 11.4. The lowest BCUT2D eigenvalue weighted by molar-refractivity contribution is -0.116. The Morgan fingerprint density at radius 3 is 2.89 bits per heavy atom. The summed E-state index contributed by atoms with van der Waals surface area (Å²) in [5.41, 5.74) is 1.56. The molecule has 0 fully saturated rings. The van der Waals surface area contributed by atoms with E-state index in [1.165, 1.54) is 6.08 Å². The zero-order valence-electron chi connectivity index (χ0n) is 11.4. The first-order chi connectivity index (χ1) is 8.95. The molecule has 102 valence electrons. The maximum atomic E-state index is 11.4. The average molecular weight is 280 g/mol. The first-order valence-electron chi connectivity index (χ1n) is 6.08. The standard InChI is InChI=1S/C14H18ClN3O/c1-5-8-16-13(19)7-6-12-11(4)17-18(14(12)15)9-10(2)3/h1,6-7,10H,8-9H2,2-4H3,(H,16,19)/b7-6+. The van der Waals surface area contributed by atoms with Gasteiger partial charge in [-0.1, -0.05) is 31.4 Å². The molecular weight excluding hydrogens is 262 g/mol. The van der Waals surface area contributed by atoms with Gasteiger partial charge in [0.2, 0.25) is 5.91 Å². The van der Waals surface area contributed by atoms with Gasteiger partial charge in [-0.15, -0.1) is 6.42 Å². The fraction of sp³-hybridized carbons (Fsp3) is 0.429. The first kappa shape index (κ1) is 15.3. The number of aromatic nitrogens is 2. The summed E-state index contributed by atoms with van der Waals surface area (Å²) in [4.78, 5) is 11.4. The molecule has 5 heteroatoms. The van der Waals surface area contributed by atoms with E-state index in [2.05, 4.69) is 30.2 Å². The minimum atomic E-state index is -0.245. The van der Waals surface area contributed by atoms with Crippen molar-refractivity contribution in [3.63, 3.8) is 0 Å². The van der Waals surface area contributed by atoms with Crippen LogP contribution >= 0.6 is 11.6 Å². The third-order valence-electron chi connectivity index (χ3n) is 2.41. The van der Waals surface area contributed by atoms with Gasteiger partial charge >= 0.3 is 0 Å². The van der Waals surface area contributed by atoms with Gasteiger partial charge in [0.1, 0.15) is 5.15 Å². The van der Waals surface area contributed by atoms with Crippen LogP contribution in [0.2, 0.25) is 5.15 Å². The van der Waals surface area contributed by atoms with Crippen molar-refractivity contribution in [1.82, 2.24) is 15.1 Å². The number of aryl methyl sites for hydroxylation is 1. The van der Waals surface area contributed by atoms with Crippen LogP contribution in [-0.4, -0.2) is 22.2 Å². The second-order valence-corrected chi connectivity index (χ2v) is 4.98. The second-order valence-electron chi connectivity index (χ2n) is 4.62. The number of hydrogen-bond acceptors (Lipinski definition) is 2. The summed E-state index contributed by atoms with van der Waals surface area (Å²) in [6.07, 6.45) is 8.13. The molecule has 0 spiro atoms. The lowest BCUT2D eigenvalue weighted by atomic mass is 10.2. The third-order valence-corrected chi connectivity index (χ3v) is 2.81. The second kappa shape index (κ2) is 7.01. The fourth-order valence-corrected chi connectivity index (χ4v) is 1.89. The number of hydrogen-bond donors (Lipinski definition) is 1. The van der Waals surface area contributed by atoms with Gasteiger partial charge in [0.25, 0.3) is 0 Å². The quantitative estimate of drug-likeness (QED) is 0.664. The van der Waals surface area contributed by atoms with Crippen LogP contribution in [0, 0.1) is 25.2 Å². The molecule has 0 saturated heterocycles. The molecule has 0 aliphatic carbocycles.